The largest absolute Gasteiger partial charge is 0.455 e. The summed E-state index contributed by atoms with van der Waals surface area (Å²) in [5.74, 6) is 1.69. The lowest BCUT2D eigenvalue weighted by Gasteiger charge is -2.11. The number of nitrogens with zero attached hydrogens (tertiary/aromatic N) is 5. The van der Waals surface area contributed by atoms with E-state index in [1.165, 1.54) is 21.9 Å². The van der Waals surface area contributed by atoms with Gasteiger partial charge < -0.3 is 8.98 Å². The van der Waals surface area contributed by atoms with Gasteiger partial charge in [-0.1, -0.05) is 133 Å². The van der Waals surface area contributed by atoms with E-state index in [1.807, 2.05) is 36.4 Å². The minimum absolute atomic E-state index is 0.544. The molecule has 0 fully saturated rings. The predicted octanol–water partition coefficient (Wildman–Crippen LogP) is 13.0. The van der Waals surface area contributed by atoms with Crippen molar-refractivity contribution in [2.45, 2.75) is 0 Å². The molecule has 8 aromatic carbocycles. The molecule has 0 aliphatic heterocycles. The zero-order valence-corrected chi connectivity index (χ0v) is 30.5. The summed E-state index contributed by atoms with van der Waals surface area (Å²) in [4.78, 5) is 15.5. The first-order chi connectivity index (χ1) is 28.3. The van der Waals surface area contributed by atoms with Crippen molar-refractivity contribution in [3.8, 4) is 45.5 Å². The first kappa shape index (κ1) is 31.5. The van der Waals surface area contributed by atoms with Gasteiger partial charge in [-0.2, -0.15) is 9.97 Å². The van der Waals surface area contributed by atoms with Gasteiger partial charge in [0.2, 0.25) is 5.95 Å². The molecule has 0 radical (unpaired) electrons. The van der Waals surface area contributed by atoms with Crippen LogP contribution in [0.3, 0.4) is 0 Å². The molecule has 0 aliphatic rings. The van der Waals surface area contributed by atoms with Crippen LogP contribution in [-0.2, 0) is 0 Å². The van der Waals surface area contributed by atoms with E-state index in [0.29, 0.717) is 17.6 Å². The molecule has 0 amide bonds. The van der Waals surface area contributed by atoms with E-state index in [4.69, 9.17) is 19.4 Å². The fourth-order valence-corrected chi connectivity index (χ4v) is 8.60. The highest BCUT2D eigenvalue weighted by molar-refractivity contribution is 6.13. The lowest BCUT2D eigenvalue weighted by molar-refractivity contribution is 0.669. The Kier molecular flexibility index (Phi) is 6.83. The number of para-hydroxylation sites is 4. The van der Waals surface area contributed by atoms with Gasteiger partial charge in [0.1, 0.15) is 11.2 Å². The minimum atomic E-state index is 0.544. The third kappa shape index (κ3) is 4.87. The van der Waals surface area contributed by atoms with Crippen molar-refractivity contribution >= 4 is 65.6 Å². The average Bonchev–Trinajstić information content (AvgIpc) is 3.94. The van der Waals surface area contributed by atoms with Gasteiger partial charge in [0, 0.05) is 43.6 Å². The number of hydrogen-bond acceptors (Lipinski definition) is 4. The Morgan fingerprint density at radius 3 is 1.65 bits per heavy atom. The normalized spacial score (nSPS) is 11.9. The van der Waals surface area contributed by atoms with Gasteiger partial charge in [0.25, 0.3) is 0 Å². The zero-order chi connectivity index (χ0) is 37.5. The van der Waals surface area contributed by atoms with Crippen molar-refractivity contribution in [3.63, 3.8) is 0 Å². The molecule has 4 aromatic heterocycles. The summed E-state index contributed by atoms with van der Waals surface area (Å²) in [7, 11) is 0. The van der Waals surface area contributed by atoms with Crippen LogP contribution in [0.1, 0.15) is 0 Å². The number of hydrogen-bond donors (Lipinski definition) is 0. The van der Waals surface area contributed by atoms with Crippen molar-refractivity contribution < 1.29 is 4.42 Å². The van der Waals surface area contributed by atoms with E-state index in [2.05, 4.69) is 161 Å². The van der Waals surface area contributed by atoms with Crippen molar-refractivity contribution in [2.75, 3.05) is 0 Å². The highest BCUT2D eigenvalue weighted by atomic mass is 16.3. The summed E-state index contributed by atoms with van der Waals surface area (Å²) >= 11 is 0. The molecule has 12 rings (SSSR count). The maximum Gasteiger partial charge on any atom is 0.238 e. The quantitative estimate of drug-likeness (QED) is 0.177. The molecular weight excluding hydrogens is 699 g/mol. The van der Waals surface area contributed by atoms with Crippen LogP contribution in [0.5, 0.6) is 0 Å². The van der Waals surface area contributed by atoms with E-state index in [-0.39, 0.29) is 0 Å². The minimum Gasteiger partial charge on any atom is -0.455 e. The summed E-state index contributed by atoms with van der Waals surface area (Å²) in [6.07, 6.45) is 0. The Morgan fingerprint density at radius 2 is 0.930 bits per heavy atom. The maximum atomic E-state index is 6.75. The van der Waals surface area contributed by atoms with Crippen molar-refractivity contribution in [1.29, 1.82) is 0 Å². The molecule has 0 aliphatic carbocycles. The van der Waals surface area contributed by atoms with Crippen molar-refractivity contribution in [2.24, 2.45) is 0 Å². The zero-order valence-electron chi connectivity index (χ0n) is 30.5. The lowest BCUT2D eigenvalue weighted by atomic mass is 10.0. The van der Waals surface area contributed by atoms with E-state index >= 15 is 0 Å². The van der Waals surface area contributed by atoms with Crippen LogP contribution in [0.15, 0.2) is 192 Å². The third-order valence-corrected chi connectivity index (χ3v) is 11.2. The summed E-state index contributed by atoms with van der Waals surface area (Å²) in [6, 6.07) is 65.6. The van der Waals surface area contributed by atoms with E-state index in [9.17, 15) is 0 Å². The number of fused-ring (bicyclic) bond motifs is 9. The Morgan fingerprint density at radius 1 is 0.351 bits per heavy atom. The first-order valence-electron chi connectivity index (χ1n) is 19.1. The van der Waals surface area contributed by atoms with Crippen molar-refractivity contribution in [3.05, 3.63) is 188 Å². The molecule has 0 spiro atoms. The molecule has 0 saturated carbocycles. The van der Waals surface area contributed by atoms with E-state index in [1.54, 1.807) is 0 Å². The first-order valence-corrected chi connectivity index (χ1v) is 19.1. The summed E-state index contributed by atoms with van der Waals surface area (Å²) in [6.45, 7) is 0. The Hall–Kier alpha value is -7.83. The topological polar surface area (TPSA) is 61.7 Å². The van der Waals surface area contributed by atoms with Crippen LogP contribution in [0.25, 0.3) is 111 Å². The van der Waals surface area contributed by atoms with Crippen LogP contribution in [-0.4, -0.2) is 24.1 Å². The van der Waals surface area contributed by atoms with Gasteiger partial charge in [0.05, 0.1) is 27.6 Å². The second-order valence-electron chi connectivity index (χ2n) is 14.4. The molecule has 0 saturated heterocycles. The number of aromatic nitrogens is 5. The Balaban J connectivity index is 1.06. The van der Waals surface area contributed by atoms with Gasteiger partial charge in [-0.15, -0.1) is 0 Å². The number of rotatable bonds is 5. The molecule has 57 heavy (non-hydrogen) atoms. The standard InChI is InChI=1S/C51H31N5O/c1-3-14-32(15-4-1)34-26-28-46-41(30-34)38-20-9-10-23-43(38)55(46)35-27-29-47-42(31-35)39-21-13-22-40(48(39)57-47)50-52-49(33-16-5-2-6-17-33)53-51(54-50)56-44-24-11-7-18-36(44)37-19-8-12-25-45(37)56/h1-31H. The number of benzene rings is 8. The van der Waals surface area contributed by atoms with Crippen molar-refractivity contribution in [1.82, 2.24) is 24.1 Å². The number of furan rings is 1. The molecular formula is C51H31N5O. The monoisotopic (exact) mass is 729 g/mol. The Labute approximate surface area is 326 Å². The molecule has 0 N–H and O–H groups in total. The summed E-state index contributed by atoms with van der Waals surface area (Å²) in [5, 5.41) is 6.74. The van der Waals surface area contributed by atoms with Gasteiger partial charge in [-0.05, 0) is 65.7 Å². The van der Waals surface area contributed by atoms with Gasteiger partial charge in [-0.3, -0.25) is 4.57 Å². The van der Waals surface area contributed by atoms with Gasteiger partial charge in [-0.25, -0.2) is 4.98 Å². The third-order valence-electron chi connectivity index (χ3n) is 11.2. The van der Waals surface area contributed by atoms with Crippen LogP contribution in [0.4, 0.5) is 0 Å². The molecule has 6 nitrogen and oxygen atoms in total. The van der Waals surface area contributed by atoms with Crippen LogP contribution >= 0.6 is 0 Å². The molecule has 266 valence electrons. The highest BCUT2D eigenvalue weighted by Crippen LogP contribution is 2.40. The van der Waals surface area contributed by atoms with Gasteiger partial charge >= 0.3 is 0 Å². The van der Waals surface area contributed by atoms with E-state index < -0.39 is 0 Å². The smallest absolute Gasteiger partial charge is 0.238 e. The maximum absolute atomic E-state index is 6.75. The van der Waals surface area contributed by atoms with Crippen LogP contribution in [0.2, 0.25) is 0 Å². The second kappa shape index (κ2) is 12.3. The SMILES string of the molecule is c1ccc(-c2ccc3c(c2)c2ccccc2n3-c2ccc3oc4c(-c5nc(-c6ccccc6)nc(-n6c7ccccc7c7ccccc76)n5)cccc4c3c2)cc1. The molecule has 6 heteroatoms. The molecule has 0 unspecified atom stereocenters. The predicted molar refractivity (Wildman–Crippen MR) is 232 cm³/mol. The summed E-state index contributed by atoms with van der Waals surface area (Å²) < 4.78 is 11.2. The molecule has 0 bridgehead atoms. The average molecular weight is 730 g/mol. The van der Waals surface area contributed by atoms with Gasteiger partial charge in [0.15, 0.2) is 11.6 Å². The Bertz CT molecular complexity index is 3470. The molecule has 12 aromatic rings. The molecule has 4 heterocycles. The fraction of sp³-hybridized carbons (Fsp3) is 0. The van der Waals surface area contributed by atoms with Crippen LogP contribution < -0.4 is 0 Å². The summed E-state index contributed by atoms with van der Waals surface area (Å²) in [5.41, 5.74) is 11.1. The van der Waals surface area contributed by atoms with E-state index in [0.717, 1.165) is 71.6 Å². The molecule has 0 atom stereocenters. The lowest BCUT2D eigenvalue weighted by Crippen LogP contribution is -2.06. The van der Waals surface area contributed by atoms with Crippen LogP contribution in [0, 0.1) is 0 Å². The second-order valence-corrected chi connectivity index (χ2v) is 14.4. The fourth-order valence-electron chi connectivity index (χ4n) is 8.60. The highest BCUT2D eigenvalue weighted by Gasteiger charge is 2.21.